The number of anilines is 1. The van der Waals surface area contributed by atoms with E-state index in [2.05, 4.69) is 5.32 Å². The molecule has 1 atom stereocenters. The van der Waals surface area contributed by atoms with Crippen LogP contribution in [0.4, 0.5) is 18.9 Å². The SMILES string of the molecule is Cc1c(Cl)cccc1NCC(C#N)C(F)(F)F. The van der Waals surface area contributed by atoms with Crippen LogP contribution in [0.5, 0.6) is 0 Å². The summed E-state index contributed by atoms with van der Waals surface area (Å²) in [6.07, 6.45) is -4.52. The molecule has 0 saturated heterocycles. The van der Waals surface area contributed by atoms with Crippen molar-refractivity contribution in [1.82, 2.24) is 0 Å². The van der Waals surface area contributed by atoms with Crippen LogP contribution < -0.4 is 5.32 Å². The summed E-state index contributed by atoms with van der Waals surface area (Å²) in [5.41, 5.74) is 1.16. The van der Waals surface area contributed by atoms with Crippen LogP contribution in [0.15, 0.2) is 18.2 Å². The number of hydrogen-bond donors (Lipinski definition) is 1. The second-order valence-electron chi connectivity index (χ2n) is 3.52. The lowest BCUT2D eigenvalue weighted by molar-refractivity contribution is -0.155. The minimum absolute atomic E-state index is 0.468. The lowest BCUT2D eigenvalue weighted by Crippen LogP contribution is -2.28. The number of alkyl halides is 3. The Balaban J connectivity index is 2.74. The summed E-state index contributed by atoms with van der Waals surface area (Å²) >= 11 is 5.83. The van der Waals surface area contributed by atoms with Crippen molar-refractivity contribution in [3.63, 3.8) is 0 Å². The van der Waals surface area contributed by atoms with Crippen LogP contribution in [0, 0.1) is 24.2 Å². The third-order valence-corrected chi connectivity index (χ3v) is 2.72. The Labute approximate surface area is 102 Å². The van der Waals surface area contributed by atoms with Crippen molar-refractivity contribution in [1.29, 1.82) is 5.26 Å². The van der Waals surface area contributed by atoms with Crippen molar-refractivity contribution in [2.24, 2.45) is 5.92 Å². The van der Waals surface area contributed by atoms with Crippen LogP contribution in [-0.4, -0.2) is 12.7 Å². The van der Waals surface area contributed by atoms with Gasteiger partial charge in [-0.3, -0.25) is 0 Å². The quantitative estimate of drug-likeness (QED) is 0.900. The van der Waals surface area contributed by atoms with Gasteiger partial charge in [-0.1, -0.05) is 17.7 Å². The molecule has 0 fully saturated rings. The van der Waals surface area contributed by atoms with Crippen LogP contribution in [-0.2, 0) is 0 Å². The van der Waals surface area contributed by atoms with Gasteiger partial charge in [-0.05, 0) is 24.6 Å². The third kappa shape index (κ3) is 3.53. The maximum absolute atomic E-state index is 12.3. The Morgan fingerprint density at radius 3 is 2.65 bits per heavy atom. The molecule has 0 aliphatic heterocycles. The van der Waals surface area contributed by atoms with Crippen molar-refractivity contribution < 1.29 is 13.2 Å². The molecule has 1 aromatic carbocycles. The first-order chi connectivity index (χ1) is 7.86. The fourth-order valence-corrected chi connectivity index (χ4v) is 1.42. The van der Waals surface area contributed by atoms with Gasteiger partial charge >= 0.3 is 6.18 Å². The van der Waals surface area contributed by atoms with Crippen molar-refractivity contribution >= 4 is 17.3 Å². The predicted molar refractivity (Wildman–Crippen MR) is 59.8 cm³/mol. The molecule has 2 nitrogen and oxygen atoms in total. The third-order valence-electron chi connectivity index (χ3n) is 2.32. The average Bonchev–Trinajstić information content (AvgIpc) is 2.23. The molecular formula is C11H10ClF3N2. The zero-order chi connectivity index (χ0) is 13.1. The molecule has 1 unspecified atom stereocenters. The van der Waals surface area contributed by atoms with E-state index < -0.39 is 18.6 Å². The van der Waals surface area contributed by atoms with E-state index >= 15 is 0 Å². The summed E-state index contributed by atoms with van der Waals surface area (Å²) in [6.45, 7) is 1.21. The first kappa shape index (κ1) is 13.7. The number of nitrogens with one attached hydrogen (secondary N) is 1. The van der Waals surface area contributed by atoms with Gasteiger partial charge in [0.05, 0.1) is 6.07 Å². The van der Waals surface area contributed by atoms with Crippen LogP contribution in [0.1, 0.15) is 5.56 Å². The fraction of sp³-hybridized carbons (Fsp3) is 0.364. The highest BCUT2D eigenvalue weighted by Gasteiger charge is 2.39. The summed E-state index contributed by atoms with van der Waals surface area (Å²) in [7, 11) is 0. The molecule has 1 rings (SSSR count). The maximum atomic E-state index is 12.3. The van der Waals surface area contributed by atoms with Crippen LogP contribution in [0.2, 0.25) is 5.02 Å². The van der Waals surface area contributed by atoms with E-state index in [1.165, 1.54) is 6.07 Å². The monoisotopic (exact) mass is 262 g/mol. The Hall–Kier alpha value is -1.41. The van der Waals surface area contributed by atoms with E-state index in [0.29, 0.717) is 16.3 Å². The molecule has 0 aromatic heterocycles. The normalized spacial score (nSPS) is 12.9. The smallest absolute Gasteiger partial charge is 0.383 e. The molecule has 0 heterocycles. The van der Waals surface area contributed by atoms with Gasteiger partial charge in [0.1, 0.15) is 0 Å². The van der Waals surface area contributed by atoms with E-state index in [9.17, 15) is 13.2 Å². The van der Waals surface area contributed by atoms with Gasteiger partial charge in [0.2, 0.25) is 0 Å². The van der Waals surface area contributed by atoms with Gasteiger partial charge in [-0.25, -0.2) is 0 Å². The van der Waals surface area contributed by atoms with Gasteiger partial charge < -0.3 is 5.32 Å². The number of nitrogens with zero attached hydrogens (tertiary/aromatic N) is 1. The first-order valence-electron chi connectivity index (χ1n) is 4.81. The summed E-state index contributed by atoms with van der Waals surface area (Å²) < 4.78 is 36.9. The zero-order valence-corrected chi connectivity index (χ0v) is 9.73. The standard InChI is InChI=1S/C11H10ClF3N2/c1-7-9(12)3-2-4-10(7)17-6-8(5-16)11(13,14)15/h2-4,8,17H,6H2,1H3. The van der Waals surface area contributed by atoms with Gasteiger partial charge in [0.25, 0.3) is 0 Å². The molecule has 0 aliphatic carbocycles. The molecule has 0 amide bonds. The van der Waals surface area contributed by atoms with E-state index in [4.69, 9.17) is 16.9 Å². The number of rotatable bonds is 3. The summed E-state index contributed by atoms with van der Waals surface area (Å²) in [4.78, 5) is 0. The van der Waals surface area contributed by atoms with Gasteiger partial charge in [0.15, 0.2) is 5.92 Å². The highest BCUT2D eigenvalue weighted by Crippen LogP contribution is 2.27. The van der Waals surface area contributed by atoms with Gasteiger partial charge in [-0.15, -0.1) is 0 Å². The van der Waals surface area contributed by atoms with Crippen molar-refractivity contribution in [2.75, 3.05) is 11.9 Å². The van der Waals surface area contributed by atoms with E-state index in [0.717, 1.165) is 0 Å². The van der Waals surface area contributed by atoms with Crippen LogP contribution in [0.25, 0.3) is 0 Å². The number of halogens is 4. The zero-order valence-electron chi connectivity index (χ0n) is 8.98. The molecule has 0 aliphatic rings. The molecule has 1 N–H and O–H groups in total. The summed E-state index contributed by atoms with van der Waals surface area (Å²) in [5.74, 6) is -2.03. The lowest BCUT2D eigenvalue weighted by Gasteiger charge is -2.16. The Kier molecular flexibility index (Phi) is 4.24. The summed E-state index contributed by atoms with van der Waals surface area (Å²) in [5, 5.41) is 11.5. The Morgan fingerprint density at radius 2 is 2.12 bits per heavy atom. The van der Waals surface area contributed by atoms with Crippen molar-refractivity contribution in [3.8, 4) is 6.07 Å². The second-order valence-corrected chi connectivity index (χ2v) is 3.92. The minimum Gasteiger partial charge on any atom is -0.383 e. The van der Waals surface area contributed by atoms with E-state index in [-0.39, 0.29) is 0 Å². The Morgan fingerprint density at radius 1 is 1.47 bits per heavy atom. The highest BCUT2D eigenvalue weighted by molar-refractivity contribution is 6.31. The van der Waals surface area contributed by atoms with E-state index in [1.54, 1.807) is 25.1 Å². The molecule has 92 valence electrons. The highest BCUT2D eigenvalue weighted by atomic mass is 35.5. The Bertz CT molecular complexity index is 437. The van der Waals surface area contributed by atoms with Crippen molar-refractivity contribution in [2.45, 2.75) is 13.1 Å². The topological polar surface area (TPSA) is 35.8 Å². The van der Waals surface area contributed by atoms with Crippen LogP contribution >= 0.6 is 11.6 Å². The number of nitriles is 1. The molecular weight excluding hydrogens is 253 g/mol. The predicted octanol–water partition coefficient (Wildman–Crippen LogP) is 3.76. The first-order valence-corrected chi connectivity index (χ1v) is 5.19. The number of benzene rings is 1. The number of hydrogen-bond acceptors (Lipinski definition) is 2. The maximum Gasteiger partial charge on any atom is 0.406 e. The van der Waals surface area contributed by atoms with Gasteiger partial charge in [-0.2, -0.15) is 18.4 Å². The largest absolute Gasteiger partial charge is 0.406 e. The van der Waals surface area contributed by atoms with Crippen LogP contribution in [0.3, 0.4) is 0 Å². The average molecular weight is 263 g/mol. The molecule has 1 aromatic rings. The molecule has 0 saturated carbocycles. The molecule has 0 bridgehead atoms. The lowest BCUT2D eigenvalue weighted by atomic mass is 10.1. The minimum atomic E-state index is -4.52. The van der Waals surface area contributed by atoms with E-state index in [1.807, 2.05) is 0 Å². The van der Waals surface area contributed by atoms with Gasteiger partial charge in [0, 0.05) is 17.3 Å². The fourth-order valence-electron chi connectivity index (χ4n) is 1.25. The second kappa shape index (κ2) is 5.28. The molecule has 0 spiro atoms. The van der Waals surface area contributed by atoms with Crippen molar-refractivity contribution in [3.05, 3.63) is 28.8 Å². The molecule has 17 heavy (non-hydrogen) atoms. The molecule has 0 radical (unpaired) electrons. The molecule has 6 heteroatoms. The summed E-state index contributed by atoms with van der Waals surface area (Å²) in [6, 6.07) is 6.12.